The topological polar surface area (TPSA) is 111 Å². The molecule has 7 heteroatoms. The molecule has 0 aliphatic rings. The largest absolute Gasteiger partial charge is 0.384 e. The summed E-state index contributed by atoms with van der Waals surface area (Å²) in [6.07, 6.45) is 0. The molecule has 120 valence electrons. The molecule has 0 unspecified atom stereocenters. The van der Waals surface area contributed by atoms with E-state index >= 15 is 0 Å². The van der Waals surface area contributed by atoms with Crippen LogP contribution in [0.25, 0.3) is 0 Å². The zero-order valence-electron chi connectivity index (χ0n) is 12.5. The Kier molecular flexibility index (Phi) is 4.90. The molecule has 1 aromatic carbocycles. The molecule has 1 heterocycles. The Morgan fingerprint density at radius 2 is 1.87 bits per heavy atom. The van der Waals surface area contributed by atoms with Gasteiger partial charge in [-0.1, -0.05) is 18.2 Å². The normalized spacial score (nSPS) is 11.7. The number of benzene rings is 1. The van der Waals surface area contributed by atoms with Crippen LogP contribution >= 0.6 is 0 Å². The van der Waals surface area contributed by atoms with Gasteiger partial charge in [0.25, 0.3) is 0 Å². The summed E-state index contributed by atoms with van der Waals surface area (Å²) in [4.78, 5) is 28.0. The lowest BCUT2D eigenvalue weighted by atomic mass is 9.97. The number of aryl methyl sites for hydroxylation is 1. The number of nitrogens with zero attached hydrogens (tertiary/aromatic N) is 1. The van der Waals surface area contributed by atoms with Crippen molar-refractivity contribution in [2.75, 3.05) is 5.73 Å². The summed E-state index contributed by atoms with van der Waals surface area (Å²) in [5, 5.41) is 2.64. The lowest BCUT2D eigenvalue weighted by molar-refractivity contribution is -0.130. The summed E-state index contributed by atoms with van der Waals surface area (Å²) < 4.78 is 13.0. The molecule has 6 nitrogen and oxygen atoms in total. The van der Waals surface area contributed by atoms with Crippen LogP contribution in [0, 0.1) is 12.7 Å². The fourth-order valence-electron chi connectivity index (χ4n) is 2.18. The molecule has 0 aliphatic heterocycles. The van der Waals surface area contributed by atoms with Gasteiger partial charge in [-0.2, -0.15) is 0 Å². The predicted octanol–water partition coefficient (Wildman–Crippen LogP) is 0.997. The maximum atomic E-state index is 13.0. The third-order valence-electron chi connectivity index (χ3n) is 3.42. The van der Waals surface area contributed by atoms with E-state index in [4.69, 9.17) is 11.5 Å². The maximum Gasteiger partial charge on any atom is 0.237 e. The van der Waals surface area contributed by atoms with Crippen molar-refractivity contribution in [3.8, 4) is 0 Å². The quantitative estimate of drug-likeness (QED) is 0.714. The van der Waals surface area contributed by atoms with Crippen LogP contribution in [0.3, 0.4) is 0 Å². The number of nitrogens with one attached hydrogen (secondary N) is 1. The predicted molar refractivity (Wildman–Crippen MR) is 83.6 cm³/mol. The Morgan fingerprint density at radius 3 is 2.43 bits per heavy atom. The number of halogens is 1. The van der Waals surface area contributed by atoms with Gasteiger partial charge in [0.1, 0.15) is 17.6 Å². The molecule has 0 saturated heterocycles. The van der Waals surface area contributed by atoms with E-state index in [9.17, 15) is 14.0 Å². The summed E-state index contributed by atoms with van der Waals surface area (Å²) >= 11 is 0. The van der Waals surface area contributed by atoms with Crippen LogP contribution in [0.15, 0.2) is 36.4 Å². The van der Waals surface area contributed by atoms with Crippen LogP contribution in [0.1, 0.15) is 22.7 Å². The van der Waals surface area contributed by atoms with E-state index in [1.54, 1.807) is 19.1 Å². The minimum atomic E-state index is -1.18. The number of hydrogen-bond acceptors (Lipinski definition) is 4. The highest BCUT2D eigenvalue weighted by Crippen LogP contribution is 2.17. The first-order valence-corrected chi connectivity index (χ1v) is 6.93. The second-order valence-corrected chi connectivity index (χ2v) is 5.09. The van der Waals surface area contributed by atoms with Gasteiger partial charge in [-0.25, -0.2) is 9.37 Å². The Hall–Kier alpha value is -2.96. The zero-order valence-corrected chi connectivity index (χ0v) is 12.5. The number of aromatic nitrogens is 1. The summed E-state index contributed by atoms with van der Waals surface area (Å²) in [7, 11) is 0. The first-order chi connectivity index (χ1) is 10.9. The third-order valence-corrected chi connectivity index (χ3v) is 3.42. The number of carbonyl (C=O) groups excluding carboxylic acids is 2. The highest BCUT2D eigenvalue weighted by atomic mass is 19.1. The molecule has 0 saturated carbocycles. The number of nitrogens with two attached hydrogens (primary N) is 2. The molecule has 2 amide bonds. The molecular weight excluding hydrogens is 299 g/mol. The first kappa shape index (κ1) is 16.4. The summed E-state index contributed by atoms with van der Waals surface area (Å²) in [6, 6.07) is 8.44. The standard InChI is InChI=1S/C16H17FN4O2/c1-9-11(4-7-13(18)21-9)8-20-16(23)14(15(19)22)10-2-5-12(17)6-3-10/h2-7,14H,8H2,1H3,(H2,18,21)(H2,19,22)(H,20,23)/t14-/m0/s1. The number of carbonyl (C=O) groups is 2. The summed E-state index contributed by atoms with van der Waals surface area (Å²) in [5.74, 6) is -2.61. The molecule has 0 fully saturated rings. The minimum Gasteiger partial charge on any atom is -0.384 e. The molecule has 0 aliphatic carbocycles. The zero-order chi connectivity index (χ0) is 17.0. The van der Waals surface area contributed by atoms with Crippen molar-refractivity contribution in [3.63, 3.8) is 0 Å². The average Bonchev–Trinajstić information content (AvgIpc) is 2.48. The number of pyridine rings is 1. The SMILES string of the molecule is Cc1nc(N)ccc1CNC(=O)[C@H](C(N)=O)c1ccc(F)cc1. The molecule has 1 aromatic heterocycles. The van der Waals surface area contributed by atoms with Crippen LogP contribution in [0.5, 0.6) is 0 Å². The maximum absolute atomic E-state index is 13.0. The fourth-order valence-corrected chi connectivity index (χ4v) is 2.18. The van der Waals surface area contributed by atoms with Crippen molar-refractivity contribution in [2.45, 2.75) is 19.4 Å². The Bertz CT molecular complexity index is 731. The van der Waals surface area contributed by atoms with E-state index in [0.717, 1.165) is 5.56 Å². The van der Waals surface area contributed by atoms with E-state index in [0.29, 0.717) is 17.1 Å². The van der Waals surface area contributed by atoms with Crippen LogP contribution < -0.4 is 16.8 Å². The van der Waals surface area contributed by atoms with E-state index in [2.05, 4.69) is 10.3 Å². The van der Waals surface area contributed by atoms with Crippen molar-refractivity contribution >= 4 is 17.6 Å². The molecule has 0 spiro atoms. The lowest BCUT2D eigenvalue weighted by Crippen LogP contribution is -2.36. The van der Waals surface area contributed by atoms with Gasteiger partial charge in [0.15, 0.2) is 0 Å². The van der Waals surface area contributed by atoms with Gasteiger partial charge in [0.05, 0.1) is 0 Å². The van der Waals surface area contributed by atoms with Crippen LogP contribution in [-0.2, 0) is 16.1 Å². The van der Waals surface area contributed by atoms with Crippen LogP contribution in [0.4, 0.5) is 10.2 Å². The van der Waals surface area contributed by atoms with Crippen molar-refractivity contribution in [1.29, 1.82) is 0 Å². The van der Waals surface area contributed by atoms with Gasteiger partial charge in [0.2, 0.25) is 11.8 Å². The van der Waals surface area contributed by atoms with E-state index in [1.165, 1.54) is 24.3 Å². The lowest BCUT2D eigenvalue weighted by Gasteiger charge is -2.15. The second kappa shape index (κ2) is 6.87. The molecule has 0 bridgehead atoms. The van der Waals surface area contributed by atoms with Crippen LogP contribution in [-0.4, -0.2) is 16.8 Å². The first-order valence-electron chi connectivity index (χ1n) is 6.93. The van der Waals surface area contributed by atoms with Gasteiger partial charge in [0, 0.05) is 12.2 Å². The van der Waals surface area contributed by atoms with Gasteiger partial charge in [-0.05, 0) is 36.2 Å². The molecule has 5 N–H and O–H groups in total. The minimum absolute atomic E-state index is 0.183. The molecule has 23 heavy (non-hydrogen) atoms. The number of anilines is 1. The van der Waals surface area contributed by atoms with Crippen molar-refractivity contribution in [1.82, 2.24) is 10.3 Å². The van der Waals surface area contributed by atoms with Gasteiger partial charge < -0.3 is 16.8 Å². The smallest absolute Gasteiger partial charge is 0.237 e. The van der Waals surface area contributed by atoms with Gasteiger partial charge in [-0.3, -0.25) is 9.59 Å². The van der Waals surface area contributed by atoms with Crippen molar-refractivity contribution < 1.29 is 14.0 Å². The highest BCUT2D eigenvalue weighted by Gasteiger charge is 2.26. The Labute approximate surface area is 132 Å². The summed E-state index contributed by atoms with van der Waals surface area (Å²) in [6.45, 7) is 1.95. The number of primary amides is 1. The number of hydrogen-bond donors (Lipinski definition) is 3. The third kappa shape index (κ3) is 4.03. The molecule has 2 aromatic rings. The molecule has 1 atom stereocenters. The number of amides is 2. The summed E-state index contributed by atoms with van der Waals surface area (Å²) in [5.41, 5.74) is 12.7. The Balaban J connectivity index is 2.12. The van der Waals surface area contributed by atoms with Gasteiger partial charge >= 0.3 is 0 Å². The second-order valence-electron chi connectivity index (χ2n) is 5.09. The van der Waals surface area contributed by atoms with Gasteiger partial charge in [-0.15, -0.1) is 0 Å². The van der Waals surface area contributed by atoms with E-state index < -0.39 is 23.5 Å². The highest BCUT2D eigenvalue weighted by molar-refractivity contribution is 6.05. The van der Waals surface area contributed by atoms with E-state index in [-0.39, 0.29) is 6.54 Å². The average molecular weight is 316 g/mol. The van der Waals surface area contributed by atoms with Crippen LogP contribution in [0.2, 0.25) is 0 Å². The monoisotopic (exact) mass is 316 g/mol. The van der Waals surface area contributed by atoms with Crippen molar-refractivity contribution in [3.05, 3.63) is 59.0 Å². The Morgan fingerprint density at radius 1 is 1.22 bits per heavy atom. The number of nitrogen functional groups attached to an aromatic ring is 1. The molecule has 2 rings (SSSR count). The van der Waals surface area contributed by atoms with Crippen molar-refractivity contribution in [2.24, 2.45) is 5.73 Å². The van der Waals surface area contributed by atoms with E-state index in [1.807, 2.05) is 0 Å². The fraction of sp³-hybridized carbons (Fsp3) is 0.188. The molecular formula is C16H17FN4O2. The number of rotatable bonds is 5. The molecule has 0 radical (unpaired) electrons.